The third kappa shape index (κ3) is 3.75. The van der Waals surface area contributed by atoms with Crippen LogP contribution < -0.4 is 20.4 Å². The number of hydrogen-bond acceptors (Lipinski definition) is 6. The highest BCUT2D eigenvalue weighted by molar-refractivity contribution is 6.03. The number of anilines is 4. The zero-order valence-corrected chi connectivity index (χ0v) is 18.7. The molecule has 3 aromatic rings. The first-order valence-corrected chi connectivity index (χ1v) is 11.1. The Morgan fingerprint density at radius 1 is 1.09 bits per heavy atom. The smallest absolute Gasteiger partial charge is 0.246 e. The van der Waals surface area contributed by atoms with Crippen molar-refractivity contribution in [3.63, 3.8) is 0 Å². The van der Waals surface area contributed by atoms with E-state index in [0.717, 1.165) is 31.0 Å². The van der Waals surface area contributed by atoms with Gasteiger partial charge in [0.1, 0.15) is 11.7 Å². The molecule has 1 aromatic heterocycles. The van der Waals surface area contributed by atoms with Gasteiger partial charge in [0, 0.05) is 32.4 Å². The van der Waals surface area contributed by atoms with Crippen LogP contribution in [-0.2, 0) is 24.3 Å². The number of rotatable bonds is 5. The van der Waals surface area contributed by atoms with Gasteiger partial charge in [-0.2, -0.15) is 4.98 Å². The van der Waals surface area contributed by atoms with Gasteiger partial charge in [0.25, 0.3) is 0 Å². The third-order valence-electron chi connectivity index (χ3n) is 6.44. The topological polar surface area (TPSA) is 73.4 Å². The van der Waals surface area contributed by atoms with Crippen LogP contribution in [0.3, 0.4) is 0 Å². The highest BCUT2D eigenvalue weighted by Crippen LogP contribution is 2.32. The van der Waals surface area contributed by atoms with E-state index >= 15 is 0 Å². The molecule has 1 amide bonds. The fourth-order valence-electron chi connectivity index (χ4n) is 4.36. The Morgan fingerprint density at radius 3 is 2.66 bits per heavy atom. The average molecular weight is 429 g/mol. The van der Waals surface area contributed by atoms with Crippen molar-refractivity contribution in [1.82, 2.24) is 9.97 Å². The molecule has 7 heteroatoms. The molecular weight excluding hydrogens is 400 g/mol. The minimum Gasteiger partial charge on any atom is -0.367 e. The maximum Gasteiger partial charge on any atom is 0.246 e. The van der Waals surface area contributed by atoms with Gasteiger partial charge in [-0.15, -0.1) is 0 Å². The Bertz CT molecular complexity index is 1160. The SMILES string of the molecule is Cc1nc(NCc2ccc(CN3CCc4ccccc43)cc2)nc2c1NC(=O)[C@H](C)N2C. The number of nitrogens with one attached hydrogen (secondary N) is 2. The van der Waals surface area contributed by atoms with Crippen LogP contribution in [0.1, 0.15) is 29.3 Å². The van der Waals surface area contributed by atoms with Gasteiger partial charge in [-0.25, -0.2) is 4.98 Å². The number of benzene rings is 2. The molecule has 0 saturated heterocycles. The van der Waals surface area contributed by atoms with Crippen molar-refractivity contribution in [2.24, 2.45) is 0 Å². The van der Waals surface area contributed by atoms with Gasteiger partial charge in [0.05, 0.1) is 5.69 Å². The van der Waals surface area contributed by atoms with Gasteiger partial charge in [-0.1, -0.05) is 42.5 Å². The van der Waals surface area contributed by atoms with Crippen LogP contribution in [-0.4, -0.2) is 35.5 Å². The maximum atomic E-state index is 12.1. The van der Waals surface area contributed by atoms with E-state index in [1.165, 1.54) is 22.4 Å². The second kappa shape index (κ2) is 8.15. The molecule has 32 heavy (non-hydrogen) atoms. The summed E-state index contributed by atoms with van der Waals surface area (Å²) < 4.78 is 0. The zero-order valence-electron chi connectivity index (χ0n) is 18.7. The fraction of sp³-hybridized carbons (Fsp3) is 0.320. The van der Waals surface area contributed by atoms with Crippen molar-refractivity contribution in [1.29, 1.82) is 0 Å². The van der Waals surface area contributed by atoms with Crippen LogP contribution in [0.25, 0.3) is 0 Å². The highest BCUT2D eigenvalue weighted by Gasteiger charge is 2.30. The van der Waals surface area contributed by atoms with Crippen LogP contribution in [0.5, 0.6) is 0 Å². The lowest BCUT2D eigenvalue weighted by Gasteiger charge is -2.32. The van der Waals surface area contributed by atoms with Crippen molar-refractivity contribution in [2.75, 3.05) is 34.0 Å². The van der Waals surface area contributed by atoms with E-state index in [-0.39, 0.29) is 11.9 Å². The maximum absolute atomic E-state index is 12.1. The minimum absolute atomic E-state index is 0.0371. The molecule has 2 aromatic carbocycles. The number of nitrogens with zero attached hydrogens (tertiary/aromatic N) is 4. The van der Waals surface area contributed by atoms with Gasteiger partial charge in [0.2, 0.25) is 11.9 Å². The normalized spacial score (nSPS) is 17.1. The lowest BCUT2D eigenvalue weighted by Crippen LogP contribution is -2.44. The third-order valence-corrected chi connectivity index (χ3v) is 6.44. The summed E-state index contributed by atoms with van der Waals surface area (Å²) in [7, 11) is 1.88. The molecule has 2 N–H and O–H groups in total. The molecule has 0 spiro atoms. The van der Waals surface area contributed by atoms with Crippen molar-refractivity contribution in [3.8, 4) is 0 Å². The van der Waals surface area contributed by atoms with Gasteiger partial charge < -0.3 is 20.4 Å². The van der Waals surface area contributed by atoms with E-state index in [0.29, 0.717) is 18.2 Å². The van der Waals surface area contributed by atoms with Crippen molar-refractivity contribution in [3.05, 3.63) is 70.9 Å². The summed E-state index contributed by atoms with van der Waals surface area (Å²) in [4.78, 5) is 25.6. The van der Waals surface area contributed by atoms with Crippen molar-refractivity contribution in [2.45, 2.75) is 39.4 Å². The van der Waals surface area contributed by atoms with Gasteiger partial charge in [-0.05, 0) is 43.0 Å². The number of aryl methyl sites for hydroxylation is 1. The molecule has 3 heterocycles. The van der Waals surface area contributed by atoms with E-state index in [1.807, 2.05) is 25.8 Å². The predicted molar refractivity (Wildman–Crippen MR) is 128 cm³/mol. The number of amides is 1. The summed E-state index contributed by atoms with van der Waals surface area (Å²) in [5, 5.41) is 6.25. The molecular formula is C25H28N6O. The number of hydrogen-bond donors (Lipinski definition) is 2. The first-order chi connectivity index (χ1) is 15.5. The van der Waals surface area contributed by atoms with E-state index in [1.54, 1.807) is 0 Å². The Kier molecular flexibility index (Phi) is 5.17. The molecule has 2 aliphatic rings. The Labute approximate surface area is 188 Å². The summed E-state index contributed by atoms with van der Waals surface area (Å²) in [6, 6.07) is 17.1. The second-order valence-corrected chi connectivity index (χ2v) is 8.58. The number of carbonyl (C=O) groups excluding carboxylic acids is 1. The van der Waals surface area contributed by atoms with Crippen LogP contribution in [0.2, 0.25) is 0 Å². The fourth-order valence-corrected chi connectivity index (χ4v) is 4.36. The second-order valence-electron chi connectivity index (χ2n) is 8.58. The standard InChI is InChI=1S/C25H28N6O/c1-16-22-23(30(3)17(2)24(32)28-22)29-25(27-16)26-14-18-8-10-19(11-9-18)15-31-13-12-20-6-4-5-7-21(20)31/h4-11,17H,12-15H2,1-3H3,(H,28,32)(H,26,27,29)/t17-/m0/s1. The van der Waals surface area contributed by atoms with Crippen LogP contribution >= 0.6 is 0 Å². The van der Waals surface area contributed by atoms with E-state index < -0.39 is 0 Å². The minimum atomic E-state index is -0.264. The summed E-state index contributed by atoms with van der Waals surface area (Å²) in [6.45, 7) is 6.39. The molecule has 2 aliphatic heterocycles. The van der Waals surface area contributed by atoms with Crippen molar-refractivity contribution >= 4 is 29.0 Å². The number of likely N-dealkylation sites (N-methyl/N-ethyl adjacent to an activating group) is 1. The summed E-state index contributed by atoms with van der Waals surface area (Å²) >= 11 is 0. The van der Waals surface area contributed by atoms with Crippen LogP contribution in [0.15, 0.2) is 48.5 Å². The number of carbonyl (C=O) groups is 1. The summed E-state index contributed by atoms with van der Waals surface area (Å²) in [5.74, 6) is 1.27. The number of para-hydroxylation sites is 1. The van der Waals surface area contributed by atoms with Gasteiger partial charge in [0.15, 0.2) is 5.82 Å². The quantitative estimate of drug-likeness (QED) is 0.645. The van der Waals surface area contributed by atoms with Crippen LogP contribution in [0, 0.1) is 6.92 Å². The molecule has 7 nitrogen and oxygen atoms in total. The molecule has 0 unspecified atom stereocenters. The zero-order chi connectivity index (χ0) is 22.2. The lowest BCUT2D eigenvalue weighted by molar-refractivity contribution is -0.117. The molecule has 164 valence electrons. The average Bonchev–Trinajstić information content (AvgIpc) is 3.21. The molecule has 1 atom stereocenters. The Hall–Kier alpha value is -3.61. The predicted octanol–water partition coefficient (Wildman–Crippen LogP) is 3.74. The summed E-state index contributed by atoms with van der Waals surface area (Å²) in [6.07, 6.45) is 1.12. The lowest BCUT2D eigenvalue weighted by atomic mass is 10.1. The monoisotopic (exact) mass is 428 g/mol. The molecule has 0 bridgehead atoms. The van der Waals surface area contributed by atoms with Crippen molar-refractivity contribution < 1.29 is 4.79 Å². The van der Waals surface area contributed by atoms with Gasteiger partial charge >= 0.3 is 0 Å². The van der Waals surface area contributed by atoms with E-state index in [9.17, 15) is 4.79 Å². The Morgan fingerprint density at radius 2 is 1.84 bits per heavy atom. The largest absolute Gasteiger partial charge is 0.367 e. The number of fused-ring (bicyclic) bond motifs is 2. The Balaban J connectivity index is 1.24. The van der Waals surface area contributed by atoms with E-state index in [4.69, 9.17) is 0 Å². The number of aromatic nitrogens is 2. The molecule has 0 fully saturated rings. The molecule has 0 saturated carbocycles. The van der Waals surface area contributed by atoms with Gasteiger partial charge in [-0.3, -0.25) is 4.79 Å². The van der Waals surface area contributed by atoms with Crippen LogP contribution in [0.4, 0.5) is 23.1 Å². The summed E-state index contributed by atoms with van der Waals surface area (Å²) in [5.41, 5.74) is 6.71. The highest BCUT2D eigenvalue weighted by atomic mass is 16.2. The first-order valence-electron chi connectivity index (χ1n) is 11.1. The van der Waals surface area contributed by atoms with E-state index in [2.05, 4.69) is 74.0 Å². The first kappa shape index (κ1) is 20.3. The molecule has 0 aliphatic carbocycles. The molecule has 5 rings (SSSR count). The molecule has 0 radical (unpaired) electrons.